The van der Waals surface area contributed by atoms with E-state index < -0.39 is 29.8 Å². The van der Waals surface area contributed by atoms with E-state index in [1.165, 1.54) is 12.1 Å². The molecule has 1 aromatic carbocycles. The van der Waals surface area contributed by atoms with Crippen LogP contribution in [0.2, 0.25) is 0 Å². The van der Waals surface area contributed by atoms with Crippen LogP contribution in [0.25, 0.3) is 0 Å². The number of aliphatic hydroxyl groups is 1. The Morgan fingerprint density at radius 2 is 2.11 bits per heavy atom. The zero-order valence-electron chi connectivity index (χ0n) is 9.72. The summed E-state index contributed by atoms with van der Waals surface area (Å²) in [4.78, 5) is 24.3. The number of benzene rings is 1. The quantitative estimate of drug-likeness (QED) is 0.854. The SMILES string of the molecule is O=C(O)[C@@H]1CC(O)CN1C(=O)c1ccc(F)c(Br)c1. The van der Waals surface area contributed by atoms with Gasteiger partial charge in [0.25, 0.3) is 5.91 Å². The maximum atomic E-state index is 13.1. The standard InChI is InChI=1S/C12H11BrFNO4/c13-8-3-6(1-2-9(8)14)11(17)15-5-7(16)4-10(15)12(18)19/h1-3,7,10,16H,4-5H2,(H,18,19)/t7?,10-/m0/s1. The summed E-state index contributed by atoms with van der Waals surface area (Å²) in [5.41, 5.74) is 0.175. The maximum absolute atomic E-state index is 13.1. The van der Waals surface area contributed by atoms with Crippen molar-refractivity contribution >= 4 is 27.8 Å². The minimum atomic E-state index is -1.16. The number of hydrogen-bond acceptors (Lipinski definition) is 3. The Morgan fingerprint density at radius 3 is 2.68 bits per heavy atom. The molecule has 0 bridgehead atoms. The molecule has 2 atom stereocenters. The van der Waals surface area contributed by atoms with E-state index in [0.717, 1.165) is 11.0 Å². The molecule has 7 heteroatoms. The highest BCUT2D eigenvalue weighted by Gasteiger charge is 2.39. The number of nitrogens with zero attached hydrogens (tertiary/aromatic N) is 1. The molecule has 5 nitrogen and oxygen atoms in total. The van der Waals surface area contributed by atoms with Crippen LogP contribution in [0.3, 0.4) is 0 Å². The number of carbonyl (C=O) groups excluding carboxylic acids is 1. The first-order chi connectivity index (χ1) is 8.90. The van der Waals surface area contributed by atoms with E-state index in [1.807, 2.05) is 0 Å². The number of hydrogen-bond donors (Lipinski definition) is 2. The minimum absolute atomic E-state index is 0.00341. The molecular weight excluding hydrogens is 321 g/mol. The number of aliphatic carboxylic acids is 1. The van der Waals surface area contributed by atoms with Gasteiger partial charge in [0.1, 0.15) is 11.9 Å². The average Bonchev–Trinajstić information content (AvgIpc) is 2.74. The summed E-state index contributed by atoms with van der Waals surface area (Å²) < 4.78 is 13.2. The average molecular weight is 332 g/mol. The molecule has 1 aliphatic rings. The van der Waals surface area contributed by atoms with Crippen molar-refractivity contribution in [1.29, 1.82) is 0 Å². The van der Waals surface area contributed by atoms with Crippen molar-refractivity contribution in [1.82, 2.24) is 4.90 Å². The first-order valence-corrected chi connectivity index (χ1v) is 6.36. The molecule has 0 spiro atoms. The van der Waals surface area contributed by atoms with E-state index >= 15 is 0 Å². The largest absolute Gasteiger partial charge is 0.480 e. The summed E-state index contributed by atoms with van der Waals surface area (Å²) in [5.74, 6) is -2.21. The second-order valence-corrected chi connectivity index (χ2v) is 5.18. The Bertz CT molecular complexity index is 536. The van der Waals surface area contributed by atoms with Gasteiger partial charge in [-0.2, -0.15) is 0 Å². The lowest BCUT2D eigenvalue weighted by Crippen LogP contribution is -2.40. The van der Waals surface area contributed by atoms with Crippen molar-refractivity contribution in [2.24, 2.45) is 0 Å². The molecular formula is C12H11BrFNO4. The number of halogens is 2. The zero-order chi connectivity index (χ0) is 14.2. The van der Waals surface area contributed by atoms with Crippen molar-refractivity contribution in [3.63, 3.8) is 0 Å². The Balaban J connectivity index is 2.27. The molecule has 1 saturated heterocycles. The molecule has 19 heavy (non-hydrogen) atoms. The van der Waals surface area contributed by atoms with Gasteiger partial charge in [-0.25, -0.2) is 9.18 Å². The predicted octanol–water partition coefficient (Wildman–Crippen LogP) is 1.25. The van der Waals surface area contributed by atoms with Crippen molar-refractivity contribution in [3.8, 4) is 0 Å². The van der Waals surface area contributed by atoms with Gasteiger partial charge in [-0.15, -0.1) is 0 Å². The fourth-order valence-electron chi connectivity index (χ4n) is 2.07. The summed E-state index contributed by atoms with van der Waals surface area (Å²) >= 11 is 2.97. The lowest BCUT2D eigenvalue weighted by atomic mass is 10.1. The predicted molar refractivity (Wildman–Crippen MR) is 67.2 cm³/mol. The van der Waals surface area contributed by atoms with Crippen LogP contribution < -0.4 is 0 Å². The molecule has 2 rings (SSSR count). The van der Waals surface area contributed by atoms with Crippen LogP contribution in [0, 0.1) is 5.82 Å². The first-order valence-electron chi connectivity index (χ1n) is 5.57. The lowest BCUT2D eigenvalue weighted by Gasteiger charge is -2.21. The molecule has 0 aromatic heterocycles. The number of β-amino-alcohol motifs (C(OH)–C–C–N with tert-alkyl or cyclic N) is 1. The zero-order valence-corrected chi connectivity index (χ0v) is 11.3. The molecule has 1 unspecified atom stereocenters. The fraction of sp³-hybridized carbons (Fsp3) is 0.333. The van der Waals surface area contributed by atoms with E-state index in [4.69, 9.17) is 5.11 Å². The smallest absolute Gasteiger partial charge is 0.326 e. The van der Waals surface area contributed by atoms with Crippen LogP contribution in [0.5, 0.6) is 0 Å². The molecule has 1 aromatic rings. The minimum Gasteiger partial charge on any atom is -0.480 e. The second kappa shape index (κ2) is 5.26. The number of likely N-dealkylation sites (tertiary alicyclic amines) is 1. The summed E-state index contributed by atoms with van der Waals surface area (Å²) in [7, 11) is 0. The van der Waals surface area contributed by atoms with Gasteiger partial charge in [-0.1, -0.05) is 0 Å². The van der Waals surface area contributed by atoms with Gasteiger partial charge in [0.2, 0.25) is 0 Å². The van der Waals surface area contributed by atoms with Gasteiger partial charge >= 0.3 is 5.97 Å². The molecule has 102 valence electrons. The van der Waals surface area contributed by atoms with Gasteiger partial charge < -0.3 is 15.1 Å². The number of carboxylic acid groups (broad SMARTS) is 1. The van der Waals surface area contributed by atoms with Crippen molar-refractivity contribution < 1.29 is 24.2 Å². The van der Waals surface area contributed by atoms with Crippen molar-refractivity contribution in [3.05, 3.63) is 34.1 Å². The normalized spacial score (nSPS) is 22.6. The molecule has 1 aliphatic heterocycles. The molecule has 1 heterocycles. The van der Waals surface area contributed by atoms with Crippen LogP contribution in [0.4, 0.5) is 4.39 Å². The number of rotatable bonds is 2. The topological polar surface area (TPSA) is 77.8 Å². The molecule has 0 radical (unpaired) electrons. The van der Waals surface area contributed by atoms with E-state index in [0.29, 0.717) is 0 Å². The Hall–Kier alpha value is -1.47. The number of amides is 1. The van der Waals surface area contributed by atoms with Crippen LogP contribution in [0.15, 0.2) is 22.7 Å². The van der Waals surface area contributed by atoms with Gasteiger partial charge in [0.05, 0.1) is 10.6 Å². The number of carboxylic acids is 1. The van der Waals surface area contributed by atoms with Gasteiger partial charge in [0.15, 0.2) is 0 Å². The van der Waals surface area contributed by atoms with Crippen molar-refractivity contribution in [2.75, 3.05) is 6.54 Å². The molecule has 1 amide bonds. The van der Waals surface area contributed by atoms with Crippen LogP contribution in [0.1, 0.15) is 16.8 Å². The van der Waals surface area contributed by atoms with Crippen LogP contribution in [-0.2, 0) is 4.79 Å². The highest BCUT2D eigenvalue weighted by molar-refractivity contribution is 9.10. The van der Waals surface area contributed by atoms with Crippen LogP contribution in [-0.4, -0.2) is 45.7 Å². The van der Waals surface area contributed by atoms with Gasteiger partial charge in [0, 0.05) is 18.5 Å². The fourth-order valence-corrected chi connectivity index (χ4v) is 2.45. The van der Waals surface area contributed by atoms with Gasteiger partial charge in [-0.05, 0) is 34.1 Å². The van der Waals surface area contributed by atoms with Gasteiger partial charge in [-0.3, -0.25) is 4.79 Å². The monoisotopic (exact) mass is 331 g/mol. The number of aliphatic hydroxyl groups excluding tert-OH is 1. The van der Waals surface area contributed by atoms with E-state index in [2.05, 4.69) is 15.9 Å². The molecule has 2 N–H and O–H groups in total. The van der Waals surface area contributed by atoms with E-state index in [9.17, 15) is 19.1 Å². The summed E-state index contributed by atoms with van der Waals surface area (Å²) in [6.45, 7) is -0.0369. The highest BCUT2D eigenvalue weighted by Crippen LogP contribution is 2.23. The second-order valence-electron chi connectivity index (χ2n) is 4.33. The Morgan fingerprint density at radius 1 is 1.42 bits per heavy atom. The summed E-state index contributed by atoms with van der Waals surface area (Å²) in [6, 6.07) is 2.65. The highest BCUT2D eigenvalue weighted by atomic mass is 79.9. The third-order valence-electron chi connectivity index (χ3n) is 2.99. The molecule has 0 aliphatic carbocycles. The molecule has 1 fully saturated rings. The lowest BCUT2D eigenvalue weighted by molar-refractivity contribution is -0.141. The maximum Gasteiger partial charge on any atom is 0.326 e. The van der Waals surface area contributed by atoms with Crippen LogP contribution >= 0.6 is 15.9 Å². The Kier molecular flexibility index (Phi) is 3.86. The Labute approximate surface area is 116 Å². The first kappa shape index (κ1) is 14.0. The molecule has 0 saturated carbocycles. The van der Waals surface area contributed by atoms with E-state index in [1.54, 1.807) is 0 Å². The summed E-state index contributed by atoms with van der Waals surface area (Å²) in [5, 5.41) is 18.5. The third kappa shape index (κ3) is 2.76. The van der Waals surface area contributed by atoms with E-state index in [-0.39, 0.29) is 23.0 Å². The third-order valence-corrected chi connectivity index (χ3v) is 3.60. The van der Waals surface area contributed by atoms with Crippen molar-refractivity contribution in [2.45, 2.75) is 18.6 Å². The summed E-state index contributed by atoms with van der Waals surface area (Å²) in [6.07, 6.45) is -0.849. The number of carbonyl (C=O) groups is 2.